The second-order valence-electron chi connectivity index (χ2n) is 4.85. The monoisotopic (exact) mass is 270 g/mol. The molecule has 1 atom stereocenters. The van der Waals surface area contributed by atoms with E-state index < -0.39 is 24.2 Å². The highest BCUT2D eigenvalue weighted by Gasteiger charge is 2.38. The molecule has 2 N–H and O–H groups in total. The first-order valence-electron chi connectivity index (χ1n) is 5.80. The number of nitrogens with zero attached hydrogens (tertiary/aromatic N) is 1. The van der Waals surface area contributed by atoms with E-state index in [0.29, 0.717) is 0 Å². The van der Waals surface area contributed by atoms with Crippen LogP contribution in [0.3, 0.4) is 0 Å². The number of likely N-dealkylation sites (N-methyl/N-ethyl adjacent to an activating group) is 1. The number of aliphatic carboxylic acids is 1. The Morgan fingerprint density at radius 1 is 1.33 bits per heavy atom. The molecule has 0 heterocycles. The standard InChI is InChI=1S/C11H21F3N2O2/c1-5-16(7-11(12,13)14)6-10(4,9(17)18)15-8(2)3/h8,15H,5-7H2,1-4H3,(H,17,18). The number of carbonyl (C=O) groups is 1. The lowest BCUT2D eigenvalue weighted by atomic mass is 10.0. The molecule has 0 aliphatic heterocycles. The van der Waals surface area contributed by atoms with Gasteiger partial charge in [-0.1, -0.05) is 6.92 Å². The quantitative estimate of drug-likeness (QED) is 0.739. The fourth-order valence-electron chi connectivity index (χ4n) is 1.79. The van der Waals surface area contributed by atoms with Gasteiger partial charge in [-0.15, -0.1) is 0 Å². The average molecular weight is 270 g/mol. The molecule has 0 saturated carbocycles. The Morgan fingerprint density at radius 2 is 1.83 bits per heavy atom. The SMILES string of the molecule is CCN(CC(F)(F)F)CC(C)(NC(C)C)C(=O)O. The van der Waals surface area contributed by atoms with Crippen LogP contribution in [0, 0.1) is 0 Å². The van der Waals surface area contributed by atoms with E-state index in [4.69, 9.17) is 5.11 Å². The van der Waals surface area contributed by atoms with Crippen molar-refractivity contribution in [2.24, 2.45) is 0 Å². The number of rotatable bonds is 7. The Morgan fingerprint density at radius 3 is 2.11 bits per heavy atom. The van der Waals surface area contributed by atoms with Crippen molar-refractivity contribution in [1.82, 2.24) is 10.2 Å². The molecular formula is C11H21F3N2O2. The highest BCUT2D eigenvalue weighted by atomic mass is 19.4. The van der Waals surface area contributed by atoms with Gasteiger partial charge in [0.05, 0.1) is 6.54 Å². The first kappa shape index (κ1) is 17.2. The van der Waals surface area contributed by atoms with Crippen LogP contribution in [0.25, 0.3) is 0 Å². The zero-order chi connectivity index (χ0) is 14.6. The Bertz CT molecular complexity index is 282. The summed E-state index contributed by atoms with van der Waals surface area (Å²) >= 11 is 0. The third-order valence-corrected chi connectivity index (χ3v) is 2.47. The van der Waals surface area contributed by atoms with Crippen molar-refractivity contribution in [2.75, 3.05) is 19.6 Å². The number of hydrogen-bond acceptors (Lipinski definition) is 3. The maximum absolute atomic E-state index is 12.3. The molecule has 0 spiro atoms. The number of alkyl halides is 3. The minimum atomic E-state index is -4.33. The van der Waals surface area contributed by atoms with E-state index in [1.807, 2.05) is 0 Å². The molecule has 18 heavy (non-hydrogen) atoms. The van der Waals surface area contributed by atoms with Crippen molar-refractivity contribution in [3.8, 4) is 0 Å². The van der Waals surface area contributed by atoms with E-state index in [0.717, 1.165) is 4.90 Å². The lowest BCUT2D eigenvalue weighted by Gasteiger charge is -2.34. The highest BCUT2D eigenvalue weighted by molar-refractivity contribution is 5.78. The second kappa shape index (κ2) is 6.38. The van der Waals surface area contributed by atoms with Crippen molar-refractivity contribution in [3.63, 3.8) is 0 Å². The summed E-state index contributed by atoms with van der Waals surface area (Å²) in [5, 5.41) is 12.0. The number of carboxylic acid groups (broad SMARTS) is 1. The zero-order valence-electron chi connectivity index (χ0n) is 11.1. The summed E-state index contributed by atoms with van der Waals surface area (Å²) in [6.45, 7) is 5.31. The van der Waals surface area contributed by atoms with Crippen molar-refractivity contribution in [3.05, 3.63) is 0 Å². The summed E-state index contributed by atoms with van der Waals surface area (Å²) in [7, 11) is 0. The van der Waals surface area contributed by atoms with Gasteiger partial charge in [-0.25, -0.2) is 0 Å². The van der Waals surface area contributed by atoms with Gasteiger partial charge in [0, 0.05) is 12.6 Å². The van der Waals surface area contributed by atoms with Crippen LogP contribution in [0.5, 0.6) is 0 Å². The predicted molar refractivity (Wildman–Crippen MR) is 62.5 cm³/mol. The van der Waals surface area contributed by atoms with Crippen LogP contribution in [-0.2, 0) is 4.79 Å². The topological polar surface area (TPSA) is 52.6 Å². The summed E-state index contributed by atoms with van der Waals surface area (Å²) in [6, 6.07) is -0.129. The summed E-state index contributed by atoms with van der Waals surface area (Å²) in [4.78, 5) is 12.3. The minimum Gasteiger partial charge on any atom is -0.480 e. The van der Waals surface area contributed by atoms with Gasteiger partial charge in [-0.2, -0.15) is 13.2 Å². The van der Waals surface area contributed by atoms with Crippen LogP contribution < -0.4 is 5.32 Å². The molecule has 0 fully saturated rings. The molecule has 0 aromatic carbocycles. The molecule has 0 aromatic heterocycles. The molecule has 7 heteroatoms. The molecule has 0 aromatic rings. The Kier molecular flexibility index (Phi) is 6.09. The van der Waals surface area contributed by atoms with Crippen LogP contribution >= 0.6 is 0 Å². The fraction of sp³-hybridized carbons (Fsp3) is 0.909. The van der Waals surface area contributed by atoms with E-state index >= 15 is 0 Å². The van der Waals surface area contributed by atoms with Crippen molar-refractivity contribution in [1.29, 1.82) is 0 Å². The highest BCUT2D eigenvalue weighted by Crippen LogP contribution is 2.18. The molecule has 0 aliphatic rings. The lowest BCUT2D eigenvalue weighted by Crippen LogP contribution is -2.59. The molecule has 0 aliphatic carbocycles. The van der Waals surface area contributed by atoms with Gasteiger partial charge in [-0.05, 0) is 27.3 Å². The third-order valence-electron chi connectivity index (χ3n) is 2.47. The van der Waals surface area contributed by atoms with Crippen LogP contribution in [0.2, 0.25) is 0 Å². The Hall–Kier alpha value is -0.820. The second-order valence-corrected chi connectivity index (χ2v) is 4.85. The van der Waals surface area contributed by atoms with Gasteiger partial charge >= 0.3 is 12.1 Å². The lowest BCUT2D eigenvalue weighted by molar-refractivity contribution is -0.155. The molecule has 0 radical (unpaired) electrons. The summed E-state index contributed by atoms with van der Waals surface area (Å²) < 4.78 is 37.0. The molecule has 1 unspecified atom stereocenters. The Labute approximate surface area is 105 Å². The molecule has 108 valence electrons. The van der Waals surface area contributed by atoms with Gasteiger partial charge in [-0.3, -0.25) is 15.0 Å². The van der Waals surface area contributed by atoms with E-state index in [-0.39, 0.29) is 19.1 Å². The summed E-state index contributed by atoms with van der Waals surface area (Å²) in [6.07, 6.45) is -4.33. The maximum Gasteiger partial charge on any atom is 0.401 e. The molecule has 4 nitrogen and oxygen atoms in total. The molecular weight excluding hydrogens is 249 g/mol. The van der Waals surface area contributed by atoms with E-state index in [2.05, 4.69) is 5.32 Å². The average Bonchev–Trinajstić information content (AvgIpc) is 2.12. The first-order valence-corrected chi connectivity index (χ1v) is 5.80. The van der Waals surface area contributed by atoms with Gasteiger partial charge < -0.3 is 5.11 Å². The van der Waals surface area contributed by atoms with Gasteiger partial charge in [0.2, 0.25) is 0 Å². The van der Waals surface area contributed by atoms with E-state index in [1.54, 1.807) is 20.8 Å². The van der Waals surface area contributed by atoms with Crippen LogP contribution in [-0.4, -0.2) is 53.4 Å². The normalized spacial score (nSPS) is 16.1. The first-order chi connectivity index (χ1) is 8.00. The Balaban J connectivity index is 4.79. The smallest absolute Gasteiger partial charge is 0.401 e. The zero-order valence-corrected chi connectivity index (χ0v) is 11.1. The molecule has 0 amide bonds. The van der Waals surface area contributed by atoms with Crippen LogP contribution in [0.15, 0.2) is 0 Å². The fourth-order valence-corrected chi connectivity index (χ4v) is 1.79. The number of hydrogen-bond donors (Lipinski definition) is 2. The van der Waals surface area contributed by atoms with Crippen molar-refractivity contribution < 1.29 is 23.1 Å². The van der Waals surface area contributed by atoms with Gasteiger partial charge in [0.15, 0.2) is 0 Å². The predicted octanol–water partition coefficient (Wildman–Crippen LogP) is 1.71. The summed E-state index contributed by atoms with van der Waals surface area (Å²) in [5.41, 5.74) is -1.39. The largest absolute Gasteiger partial charge is 0.480 e. The maximum atomic E-state index is 12.3. The van der Waals surface area contributed by atoms with Gasteiger partial charge in [0.1, 0.15) is 5.54 Å². The summed E-state index contributed by atoms with van der Waals surface area (Å²) in [5.74, 6) is -1.16. The van der Waals surface area contributed by atoms with Crippen molar-refractivity contribution in [2.45, 2.75) is 45.5 Å². The minimum absolute atomic E-state index is 0.129. The number of halogens is 3. The van der Waals surface area contributed by atoms with Crippen LogP contribution in [0.4, 0.5) is 13.2 Å². The molecule has 0 rings (SSSR count). The van der Waals surface area contributed by atoms with Gasteiger partial charge in [0.25, 0.3) is 0 Å². The number of nitrogens with one attached hydrogen (secondary N) is 1. The molecule has 0 saturated heterocycles. The van der Waals surface area contributed by atoms with Crippen molar-refractivity contribution >= 4 is 5.97 Å². The third kappa shape index (κ3) is 6.20. The molecule has 0 bridgehead atoms. The van der Waals surface area contributed by atoms with E-state index in [1.165, 1.54) is 6.92 Å². The number of carboxylic acids is 1. The van der Waals surface area contributed by atoms with Crippen LogP contribution in [0.1, 0.15) is 27.7 Å². The van der Waals surface area contributed by atoms with E-state index in [9.17, 15) is 18.0 Å².